The van der Waals surface area contributed by atoms with Crippen molar-refractivity contribution in [2.24, 2.45) is 17.8 Å². The Bertz CT molecular complexity index is 1110. The number of nitrogens with one attached hydrogen (secondary N) is 1. The van der Waals surface area contributed by atoms with Gasteiger partial charge in [0.05, 0.1) is 5.69 Å². The van der Waals surface area contributed by atoms with Crippen molar-refractivity contribution in [1.29, 1.82) is 0 Å². The van der Waals surface area contributed by atoms with Crippen LogP contribution in [0.5, 0.6) is 0 Å². The summed E-state index contributed by atoms with van der Waals surface area (Å²) in [6, 6.07) is 5.27. The van der Waals surface area contributed by atoms with Gasteiger partial charge >= 0.3 is 0 Å². The minimum atomic E-state index is -0.252. The number of likely N-dealkylation sites (tertiary alicyclic amines) is 1. The van der Waals surface area contributed by atoms with Gasteiger partial charge in [0.15, 0.2) is 17.3 Å². The average molecular weight is 421 g/mol. The Hall–Kier alpha value is -3.49. The van der Waals surface area contributed by atoms with Crippen molar-refractivity contribution in [3.63, 3.8) is 0 Å². The molecule has 2 fully saturated rings. The molecule has 3 aromatic heterocycles. The Labute approximate surface area is 178 Å². The number of carbonyl (C=O) groups excluding carboxylic acids is 2. The van der Waals surface area contributed by atoms with Crippen molar-refractivity contribution >= 4 is 11.8 Å². The topological polar surface area (TPSA) is 114 Å². The minimum Gasteiger partial charge on any atom is -0.436 e. The molecule has 0 radical (unpaired) electrons. The lowest BCUT2D eigenvalue weighted by Crippen LogP contribution is -2.32. The third kappa shape index (κ3) is 3.71. The van der Waals surface area contributed by atoms with Gasteiger partial charge in [-0.15, -0.1) is 0 Å². The van der Waals surface area contributed by atoms with Crippen molar-refractivity contribution in [3.05, 3.63) is 53.6 Å². The van der Waals surface area contributed by atoms with E-state index in [1.54, 1.807) is 38.4 Å². The van der Waals surface area contributed by atoms with E-state index in [1.807, 2.05) is 11.0 Å². The third-order valence-corrected chi connectivity index (χ3v) is 6.21. The highest BCUT2D eigenvalue weighted by Crippen LogP contribution is 2.53. The quantitative estimate of drug-likeness (QED) is 0.650. The maximum atomic E-state index is 12.6. The maximum absolute atomic E-state index is 12.6. The zero-order valence-electron chi connectivity index (χ0n) is 17.4. The van der Waals surface area contributed by atoms with E-state index in [-0.39, 0.29) is 17.5 Å². The van der Waals surface area contributed by atoms with Crippen LogP contribution in [0, 0.1) is 31.6 Å². The van der Waals surface area contributed by atoms with Crippen molar-refractivity contribution in [1.82, 2.24) is 25.3 Å². The molecule has 0 spiro atoms. The van der Waals surface area contributed by atoms with Gasteiger partial charge in [0, 0.05) is 50.6 Å². The van der Waals surface area contributed by atoms with Gasteiger partial charge in [0.1, 0.15) is 0 Å². The Morgan fingerprint density at radius 3 is 2.74 bits per heavy atom. The van der Waals surface area contributed by atoms with Gasteiger partial charge in [-0.25, -0.2) is 4.98 Å². The predicted molar refractivity (Wildman–Crippen MR) is 109 cm³/mol. The van der Waals surface area contributed by atoms with Crippen molar-refractivity contribution < 1.29 is 18.5 Å². The second-order valence-electron chi connectivity index (χ2n) is 8.21. The molecule has 1 aliphatic heterocycles. The SMILES string of the molecule is Cc1nc(C)c(C(=O)N2CC3C(CCNC(=O)c4cc(-c5cccnc5)on4)C3C2)o1. The molecule has 5 rings (SSSR count). The molecule has 2 aliphatic rings. The van der Waals surface area contributed by atoms with Crippen LogP contribution in [0.25, 0.3) is 11.3 Å². The van der Waals surface area contributed by atoms with Crippen LogP contribution >= 0.6 is 0 Å². The van der Waals surface area contributed by atoms with Crippen molar-refractivity contribution in [2.75, 3.05) is 19.6 Å². The smallest absolute Gasteiger partial charge is 0.291 e. The van der Waals surface area contributed by atoms with Gasteiger partial charge in [-0.05, 0) is 43.2 Å². The van der Waals surface area contributed by atoms with Crippen LogP contribution in [0.1, 0.15) is 39.0 Å². The second-order valence-corrected chi connectivity index (χ2v) is 8.21. The van der Waals surface area contributed by atoms with E-state index < -0.39 is 0 Å². The number of hydrogen-bond acceptors (Lipinski definition) is 7. The van der Waals surface area contributed by atoms with Crippen LogP contribution in [0.4, 0.5) is 0 Å². The molecule has 31 heavy (non-hydrogen) atoms. The molecule has 1 saturated carbocycles. The van der Waals surface area contributed by atoms with E-state index in [0.717, 1.165) is 25.1 Å². The van der Waals surface area contributed by atoms with E-state index in [9.17, 15) is 9.59 Å². The third-order valence-electron chi connectivity index (χ3n) is 6.21. The summed E-state index contributed by atoms with van der Waals surface area (Å²) in [5.74, 6) is 2.57. The van der Waals surface area contributed by atoms with Gasteiger partial charge in [0.25, 0.3) is 11.8 Å². The molecular weight excluding hydrogens is 398 g/mol. The molecule has 2 atom stereocenters. The monoisotopic (exact) mass is 421 g/mol. The lowest BCUT2D eigenvalue weighted by Gasteiger charge is -2.18. The number of amides is 2. The fraction of sp³-hybridized carbons (Fsp3) is 0.409. The Morgan fingerprint density at radius 2 is 2.06 bits per heavy atom. The zero-order chi connectivity index (χ0) is 21.5. The van der Waals surface area contributed by atoms with E-state index >= 15 is 0 Å². The number of piperidine rings is 1. The Balaban J connectivity index is 1.08. The lowest BCUT2D eigenvalue weighted by molar-refractivity contribution is 0.0733. The first-order valence-electron chi connectivity index (χ1n) is 10.4. The molecule has 1 saturated heterocycles. The van der Waals surface area contributed by atoms with E-state index in [4.69, 9.17) is 8.94 Å². The Morgan fingerprint density at radius 1 is 1.26 bits per heavy atom. The number of fused-ring (bicyclic) bond motifs is 1. The van der Waals surface area contributed by atoms with Crippen molar-refractivity contribution in [3.8, 4) is 11.3 Å². The van der Waals surface area contributed by atoms with E-state index in [2.05, 4.69) is 20.4 Å². The first-order chi connectivity index (χ1) is 15.0. The summed E-state index contributed by atoms with van der Waals surface area (Å²) in [6.07, 6.45) is 4.22. The van der Waals surface area contributed by atoms with Crippen LogP contribution in [-0.2, 0) is 0 Å². The van der Waals surface area contributed by atoms with Gasteiger partial charge < -0.3 is 19.2 Å². The fourth-order valence-electron chi connectivity index (χ4n) is 4.59. The van der Waals surface area contributed by atoms with Crippen LogP contribution < -0.4 is 5.32 Å². The molecule has 0 bridgehead atoms. The van der Waals surface area contributed by atoms with E-state index in [0.29, 0.717) is 47.4 Å². The van der Waals surface area contributed by atoms with Crippen LogP contribution in [-0.4, -0.2) is 51.5 Å². The maximum Gasteiger partial charge on any atom is 0.291 e. The number of rotatable bonds is 6. The average Bonchev–Trinajstić information content (AvgIpc) is 3.22. The van der Waals surface area contributed by atoms with Gasteiger partial charge in [-0.2, -0.15) is 0 Å². The number of carbonyl (C=O) groups is 2. The number of pyridine rings is 1. The predicted octanol–water partition coefficient (Wildman–Crippen LogP) is 2.48. The van der Waals surface area contributed by atoms with Crippen LogP contribution in [0.3, 0.4) is 0 Å². The molecule has 160 valence electrons. The van der Waals surface area contributed by atoms with Gasteiger partial charge in [0.2, 0.25) is 5.76 Å². The molecule has 2 amide bonds. The first-order valence-corrected chi connectivity index (χ1v) is 10.4. The minimum absolute atomic E-state index is 0.0761. The summed E-state index contributed by atoms with van der Waals surface area (Å²) in [4.78, 5) is 35.1. The summed E-state index contributed by atoms with van der Waals surface area (Å²) in [6.45, 7) is 5.58. The number of aromatic nitrogens is 3. The first kappa shape index (κ1) is 19.5. The van der Waals surface area contributed by atoms with Crippen LogP contribution in [0.2, 0.25) is 0 Å². The van der Waals surface area contributed by atoms with Crippen LogP contribution in [0.15, 0.2) is 39.5 Å². The number of oxazole rings is 1. The summed E-state index contributed by atoms with van der Waals surface area (Å²) in [5.41, 5.74) is 1.67. The molecule has 9 nitrogen and oxygen atoms in total. The molecule has 4 heterocycles. The highest BCUT2D eigenvalue weighted by molar-refractivity contribution is 5.93. The summed E-state index contributed by atoms with van der Waals surface area (Å²) < 4.78 is 10.7. The summed E-state index contributed by atoms with van der Waals surface area (Å²) in [7, 11) is 0. The number of hydrogen-bond donors (Lipinski definition) is 1. The summed E-state index contributed by atoms with van der Waals surface area (Å²) >= 11 is 0. The molecular formula is C22H23N5O4. The van der Waals surface area contributed by atoms with Gasteiger partial charge in [-0.1, -0.05) is 5.16 Å². The second kappa shape index (κ2) is 7.64. The normalized spacial score (nSPS) is 21.7. The Kier molecular flexibility index (Phi) is 4.80. The molecule has 0 aromatic carbocycles. The standard InChI is InChI=1S/C22H23N5O4/c1-12-20(30-13(2)25-12)22(29)27-10-16-15(17(16)11-27)5-7-24-21(28)18-8-19(31-26-18)14-4-3-6-23-9-14/h3-4,6,8-9,15-17H,5,7,10-11H2,1-2H3,(H,24,28). The largest absolute Gasteiger partial charge is 0.436 e. The molecule has 1 aliphatic carbocycles. The number of aryl methyl sites for hydroxylation is 2. The molecule has 1 N–H and O–H groups in total. The number of nitrogens with zero attached hydrogens (tertiary/aromatic N) is 4. The van der Waals surface area contributed by atoms with Gasteiger partial charge in [-0.3, -0.25) is 14.6 Å². The molecule has 3 aromatic rings. The highest BCUT2D eigenvalue weighted by Gasteiger charge is 2.56. The van der Waals surface area contributed by atoms with E-state index in [1.165, 1.54) is 0 Å². The zero-order valence-corrected chi connectivity index (χ0v) is 17.4. The molecule has 2 unspecified atom stereocenters. The lowest BCUT2D eigenvalue weighted by atomic mass is 10.2. The fourth-order valence-corrected chi connectivity index (χ4v) is 4.59. The highest BCUT2D eigenvalue weighted by atomic mass is 16.5. The van der Waals surface area contributed by atoms with Crippen molar-refractivity contribution in [2.45, 2.75) is 20.3 Å². The molecule has 9 heteroatoms. The summed E-state index contributed by atoms with van der Waals surface area (Å²) in [5, 5.41) is 6.77.